The number of amides is 1. The predicted molar refractivity (Wildman–Crippen MR) is 91.9 cm³/mol. The molecule has 1 aliphatic rings. The third-order valence-corrected chi connectivity index (χ3v) is 4.69. The van der Waals surface area contributed by atoms with Crippen molar-refractivity contribution < 1.29 is 33.8 Å². The maximum atomic E-state index is 12.5. The van der Waals surface area contributed by atoms with Crippen LogP contribution in [0.4, 0.5) is 4.79 Å². The molecule has 11 heteroatoms. The van der Waals surface area contributed by atoms with Gasteiger partial charge in [0.25, 0.3) is 5.09 Å². The first-order valence-electron chi connectivity index (χ1n) is 8.40. The summed E-state index contributed by atoms with van der Waals surface area (Å²) in [4.78, 5) is 51.7. The van der Waals surface area contributed by atoms with Gasteiger partial charge >= 0.3 is 11.3 Å². The van der Waals surface area contributed by atoms with Gasteiger partial charge in [-0.05, 0) is 31.5 Å². The number of hydrogen-bond acceptors (Lipinski definition) is 9. The van der Waals surface area contributed by atoms with Gasteiger partial charge in [0.15, 0.2) is 0 Å². The van der Waals surface area contributed by atoms with Crippen LogP contribution in [0.15, 0.2) is 0 Å². The monoisotopic (exact) mass is 392 g/mol. The Morgan fingerprint density at radius 1 is 1.31 bits per heavy atom. The molecule has 0 aromatic rings. The predicted octanol–water partition coefficient (Wildman–Crippen LogP) is 1.64. The molecule has 1 heterocycles. The van der Waals surface area contributed by atoms with Crippen molar-refractivity contribution in [3.63, 3.8) is 0 Å². The Bertz CT molecular complexity index is 516. The second-order valence-corrected chi connectivity index (χ2v) is 6.62. The molecule has 0 saturated carbocycles. The van der Waals surface area contributed by atoms with Crippen LogP contribution in [0.25, 0.3) is 0 Å². The summed E-state index contributed by atoms with van der Waals surface area (Å²) in [5.74, 6) is -0.903. The number of carbonyl (C=O) groups excluding carboxylic acids is 3. The van der Waals surface area contributed by atoms with Crippen molar-refractivity contribution in [1.82, 2.24) is 4.90 Å². The largest absolute Gasteiger partial charge is 0.464 e. The number of likely N-dealkylation sites (tertiary alicyclic amines) is 1. The highest BCUT2D eigenvalue weighted by Crippen LogP contribution is 2.23. The number of carbonyl (C=O) groups is 3. The van der Waals surface area contributed by atoms with E-state index in [4.69, 9.17) is 9.47 Å². The number of thioether (sulfide) groups is 1. The summed E-state index contributed by atoms with van der Waals surface area (Å²) in [6, 6.07) is -0.658. The van der Waals surface area contributed by atoms with Gasteiger partial charge in [-0.15, -0.1) is 10.1 Å². The second-order valence-electron chi connectivity index (χ2n) is 5.66. The van der Waals surface area contributed by atoms with Gasteiger partial charge in [-0.3, -0.25) is 4.79 Å². The summed E-state index contributed by atoms with van der Waals surface area (Å²) in [5.41, 5.74) is 0. The van der Waals surface area contributed by atoms with Gasteiger partial charge in [0.1, 0.15) is 6.04 Å². The van der Waals surface area contributed by atoms with E-state index in [1.54, 1.807) is 13.8 Å². The van der Waals surface area contributed by atoms with E-state index in [2.05, 4.69) is 4.84 Å². The van der Waals surface area contributed by atoms with E-state index in [1.807, 2.05) is 0 Å². The normalized spacial score (nSPS) is 17.5. The molecule has 1 amide bonds. The second kappa shape index (κ2) is 11.6. The van der Waals surface area contributed by atoms with Gasteiger partial charge < -0.3 is 19.2 Å². The molecular weight excluding hydrogens is 368 g/mol. The Hall–Kier alpha value is -2.04. The van der Waals surface area contributed by atoms with Crippen LogP contribution in [0.1, 0.15) is 33.1 Å². The number of rotatable bonds is 10. The molecule has 148 valence electrons. The number of ether oxygens (including phenoxy) is 2. The lowest BCUT2D eigenvalue weighted by Gasteiger charge is -2.26. The average molecular weight is 392 g/mol. The molecule has 2 atom stereocenters. The zero-order chi connectivity index (χ0) is 19.5. The van der Waals surface area contributed by atoms with Crippen LogP contribution in [0.5, 0.6) is 0 Å². The SMILES string of the molecule is CCOC(=O)SC[C@@H](C)C(=O)N1CCC[C@H]1C(=O)OCCCO[N+](=O)[O-]. The van der Waals surface area contributed by atoms with E-state index in [9.17, 15) is 24.5 Å². The fourth-order valence-electron chi connectivity index (χ4n) is 2.45. The maximum absolute atomic E-state index is 12.5. The van der Waals surface area contributed by atoms with E-state index >= 15 is 0 Å². The van der Waals surface area contributed by atoms with Crippen molar-refractivity contribution >= 4 is 28.9 Å². The van der Waals surface area contributed by atoms with Crippen LogP contribution in [0, 0.1) is 16.0 Å². The molecule has 0 bridgehead atoms. The number of hydrogen-bond donors (Lipinski definition) is 0. The first kappa shape index (κ1) is 22.0. The van der Waals surface area contributed by atoms with Crippen LogP contribution in [-0.4, -0.2) is 65.3 Å². The topological polar surface area (TPSA) is 125 Å². The first-order chi connectivity index (χ1) is 12.4. The summed E-state index contributed by atoms with van der Waals surface area (Å²) < 4.78 is 9.89. The van der Waals surface area contributed by atoms with Gasteiger partial charge in [0.2, 0.25) is 5.91 Å². The zero-order valence-corrected chi connectivity index (χ0v) is 15.7. The fourth-order valence-corrected chi connectivity index (χ4v) is 3.18. The van der Waals surface area contributed by atoms with Gasteiger partial charge in [-0.2, -0.15) is 0 Å². The maximum Gasteiger partial charge on any atom is 0.367 e. The molecule has 0 aliphatic carbocycles. The number of nitrogens with zero attached hydrogens (tertiary/aromatic N) is 2. The van der Waals surface area contributed by atoms with Crippen LogP contribution in [-0.2, 0) is 23.9 Å². The molecule has 0 spiro atoms. The van der Waals surface area contributed by atoms with Crippen molar-refractivity contribution in [1.29, 1.82) is 0 Å². The lowest BCUT2D eigenvalue weighted by Crippen LogP contribution is -2.44. The van der Waals surface area contributed by atoms with Crippen LogP contribution in [0.2, 0.25) is 0 Å². The summed E-state index contributed by atoms with van der Waals surface area (Å²) in [7, 11) is 0. The van der Waals surface area contributed by atoms with E-state index in [1.165, 1.54) is 4.90 Å². The van der Waals surface area contributed by atoms with Crippen LogP contribution in [0.3, 0.4) is 0 Å². The first-order valence-corrected chi connectivity index (χ1v) is 9.39. The van der Waals surface area contributed by atoms with E-state index in [0.717, 1.165) is 11.8 Å². The average Bonchev–Trinajstić information content (AvgIpc) is 3.08. The molecule has 0 unspecified atom stereocenters. The van der Waals surface area contributed by atoms with Crippen molar-refractivity contribution in [2.75, 3.05) is 32.1 Å². The van der Waals surface area contributed by atoms with Gasteiger partial charge in [0, 0.05) is 24.6 Å². The molecule has 26 heavy (non-hydrogen) atoms. The molecule has 0 radical (unpaired) electrons. The minimum atomic E-state index is -0.908. The molecule has 1 saturated heterocycles. The molecule has 1 rings (SSSR count). The molecule has 1 fully saturated rings. The smallest absolute Gasteiger partial charge is 0.367 e. The fraction of sp³-hybridized carbons (Fsp3) is 0.800. The molecular formula is C15H24N2O8S. The van der Waals surface area contributed by atoms with E-state index in [0.29, 0.717) is 19.4 Å². The molecule has 10 nitrogen and oxygen atoms in total. The Morgan fingerprint density at radius 2 is 2.04 bits per heavy atom. The van der Waals surface area contributed by atoms with Crippen LogP contribution < -0.4 is 0 Å². The molecule has 0 aromatic heterocycles. The van der Waals surface area contributed by atoms with Crippen LogP contribution >= 0.6 is 11.8 Å². The zero-order valence-electron chi connectivity index (χ0n) is 14.9. The quantitative estimate of drug-likeness (QED) is 0.236. The van der Waals surface area contributed by atoms with Gasteiger partial charge in [0.05, 0.1) is 19.8 Å². The highest BCUT2D eigenvalue weighted by Gasteiger charge is 2.37. The van der Waals surface area contributed by atoms with Crippen molar-refractivity contribution in [2.24, 2.45) is 5.92 Å². The molecule has 0 aromatic carbocycles. The summed E-state index contributed by atoms with van der Waals surface area (Å²) in [6.45, 7) is 3.97. The summed E-state index contributed by atoms with van der Waals surface area (Å²) >= 11 is 0.934. The Morgan fingerprint density at radius 3 is 2.69 bits per heavy atom. The van der Waals surface area contributed by atoms with Crippen molar-refractivity contribution in [3.8, 4) is 0 Å². The lowest BCUT2D eigenvalue weighted by molar-refractivity contribution is -0.757. The van der Waals surface area contributed by atoms with E-state index < -0.39 is 28.3 Å². The number of esters is 1. The highest BCUT2D eigenvalue weighted by molar-refractivity contribution is 8.13. The third kappa shape index (κ3) is 7.46. The summed E-state index contributed by atoms with van der Waals surface area (Å²) in [6.07, 6.45) is 1.39. The molecule has 1 aliphatic heterocycles. The third-order valence-electron chi connectivity index (χ3n) is 3.67. The Kier molecular flexibility index (Phi) is 9.78. The Balaban J connectivity index is 2.42. The van der Waals surface area contributed by atoms with Gasteiger partial charge in [-0.25, -0.2) is 9.59 Å². The minimum Gasteiger partial charge on any atom is -0.464 e. The van der Waals surface area contributed by atoms with Crippen molar-refractivity contribution in [3.05, 3.63) is 10.1 Å². The standard InChI is InChI=1S/C15H24N2O8S/c1-3-23-15(20)26-10-11(2)13(18)16-7-4-6-12(16)14(19)24-8-5-9-25-17(21)22/h11-12H,3-10H2,1-2H3/t11-,12+/m1/s1. The van der Waals surface area contributed by atoms with Crippen molar-refractivity contribution in [2.45, 2.75) is 39.2 Å². The molecule has 0 N–H and O–H groups in total. The highest BCUT2D eigenvalue weighted by atomic mass is 32.2. The Labute approximate surface area is 155 Å². The summed E-state index contributed by atoms with van der Waals surface area (Å²) in [5, 5.41) is 8.68. The van der Waals surface area contributed by atoms with Gasteiger partial charge in [-0.1, -0.05) is 6.92 Å². The lowest BCUT2D eigenvalue weighted by atomic mass is 10.1. The minimum absolute atomic E-state index is 0.0144. The van der Waals surface area contributed by atoms with E-state index in [-0.39, 0.29) is 37.9 Å².